The van der Waals surface area contributed by atoms with Crippen LogP contribution in [0.15, 0.2) is 30.7 Å². The summed E-state index contributed by atoms with van der Waals surface area (Å²) in [6.45, 7) is 0.800. The highest BCUT2D eigenvalue weighted by molar-refractivity contribution is 5.55. The molecule has 5 heteroatoms. The van der Waals surface area contributed by atoms with Crippen LogP contribution in [0.2, 0.25) is 0 Å². The Morgan fingerprint density at radius 1 is 1.29 bits per heavy atom. The molecule has 1 fully saturated rings. The smallest absolute Gasteiger partial charge is 0.169 e. The van der Waals surface area contributed by atoms with Gasteiger partial charge < -0.3 is 4.74 Å². The van der Waals surface area contributed by atoms with Crippen molar-refractivity contribution >= 4 is 0 Å². The van der Waals surface area contributed by atoms with Crippen LogP contribution in [0, 0.1) is 0 Å². The Kier molecular flexibility index (Phi) is 2.83. The van der Waals surface area contributed by atoms with Gasteiger partial charge in [0.2, 0.25) is 0 Å². The Morgan fingerprint density at radius 2 is 2.29 bits per heavy atom. The Balaban J connectivity index is 1.83. The van der Waals surface area contributed by atoms with Crippen LogP contribution in [0.4, 0.5) is 0 Å². The largest absolute Gasteiger partial charge is 0.355 e. The van der Waals surface area contributed by atoms with Gasteiger partial charge in [-0.15, -0.1) is 0 Å². The number of hydrogen-bond acceptors (Lipinski definition) is 4. The van der Waals surface area contributed by atoms with Gasteiger partial charge in [-0.25, -0.2) is 0 Å². The monoisotopic (exact) mass is 230 g/mol. The molecule has 0 saturated carbocycles. The van der Waals surface area contributed by atoms with Gasteiger partial charge in [0.15, 0.2) is 6.23 Å². The van der Waals surface area contributed by atoms with E-state index in [1.165, 1.54) is 6.42 Å². The van der Waals surface area contributed by atoms with Gasteiger partial charge in [-0.3, -0.25) is 4.98 Å². The fourth-order valence-electron chi connectivity index (χ4n) is 1.97. The van der Waals surface area contributed by atoms with Crippen molar-refractivity contribution in [1.29, 1.82) is 0 Å². The van der Waals surface area contributed by atoms with Crippen LogP contribution in [0.5, 0.6) is 0 Å². The number of aromatic nitrogens is 4. The maximum Gasteiger partial charge on any atom is 0.169 e. The van der Waals surface area contributed by atoms with Gasteiger partial charge in [0.25, 0.3) is 0 Å². The zero-order valence-corrected chi connectivity index (χ0v) is 9.49. The molecule has 5 nitrogen and oxygen atoms in total. The van der Waals surface area contributed by atoms with Crippen LogP contribution < -0.4 is 0 Å². The van der Waals surface area contributed by atoms with Gasteiger partial charge in [0, 0.05) is 24.6 Å². The lowest BCUT2D eigenvalue weighted by Gasteiger charge is -2.21. The van der Waals surface area contributed by atoms with Crippen molar-refractivity contribution in [2.75, 3.05) is 6.61 Å². The Hall–Kier alpha value is -1.75. The molecule has 1 aliphatic heterocycles. The number of nitrogens with zero attached hydrogens (tertiary/aromatic N) is 4. The molecule has 1 atom stereocenters. The standard InChI is InChI=1S/C12H14N4O/c1-2-7-17-12(5-1)16-14-9-11(15-16)10-4-3-6-13-8-10/h3-4,6,8-9,12H,1-2,5,7H2. The zero-order chi connectivity index (χ0) is 11.5. The summed E-state index contributed by atoms with van der Waals surface area (Å²) in [6.07, 6.45) is 8.58. The average Bonchev–Trinajstić information content (AvgIpc) is 2.90. The lowest BCUT2D eigenvalue weighted by molar-refractivity contribution is -0.0479. The zero-order valence-electron chi connectivity index (χ0n) is 9.49. The minimum Gasteiger partial charge on any atom is -0.355 e. The summed E-state index contributed by atoms with van der Waals surface area (Å²) in [5, 5.41) is 8.71. The fraction of sp³-hybridized carbons (Fsp3) is 0.417. The van der Waals surface area contributed by atoms with Crippen molar-refractivity contribution in [3.05, 3.63) is 30.7 Å². The molecule has 1 saturated heterocycles. The summed E-state index contributed by atoms with van der Waals surface area (Å²) in [6, 6.07) is 3.87. The van der Waals surface area contributed by atoms with E-state index >= 15 is 0 Å². The van der Waals surface area contributed by atoms with E-state index in [0.717, 1.165) is 30.7 Å². The van der Waals surface area contributed by atoms with E-state index in [4.69, 9.17) is 4.74 Å². The summed E-state index contributed by atoms with van der Waals surface area (Å²) < 4.78 is 5.64. The van der Waals surface area contributed by atoms with Crippen molar-refractivity contribution in [2.45, 2.75) is 25.5 Å². The van der Waals surface area contributed by atoms with Crippen molar-refractivity contribution in [2.24, 2.45) is 0 Å². The van der Waals surface area contributed by atoms with Crippen molar-refractivity contribution < 1.29 is 4.74 Å². The lowest BCUT2D eigenvalue weighted by atomic mass is 10.2. The first-order chi connectivity index (χ1) is 8.43. The molecule has 0 aromatic carbocycles. The maximum atomic E-state index is 5.64. The second-order valence-corrected chi connectivity index (χ2v) is 4.11. The van der Waals surface area contributed by atoms with Crippen LogP contribution in [0.1, 0.15) is 25.5 Å². The summed E-state index contributed by atoms with van der Waals surface area (Å²) >= 11 is 0. The Bertz CT molecular complexity index is 476. The maximum absolute atomic E-state index is 5.64. The highest BCUT2D eigenvalue weighted by Gasteiger charge is 2.17. The molecule has 0 spiro atoms. The molecule has 0 N–H and O–H groups in total. The van der Waals surface area contributed by atoms with Crippen molar-refractivity contribution in [3.63, 3.8) is 0 Å². The normalized spacial score (nSPS) is 20.4. The third-order valence-electron chi connectivity index (χ3n) is 2.88. The van der Waals surface area contributed by atoms with Gasteiger partial charge in [0.05, 0.1) is 6.20 Å². The third-order valence-corrected chi connectivity index (χ3v) is 2.88. The first kappa shape index (κ1) is 10.4. The number of ether oxygens (including phenoxy) is 1. The van der Waals surface area contributed by atoms with Crippen LogP contribution in [-0.4, -0.2) is 26.6 Å². The molecule has 3 heterocycles. The minimum atomic E-state index is -0.00540. The molecule has 88 valence electrons. The first-order valence-corrected chi connectivity index (χ1v) is 5.87. The summed E-state index contributed by atoms with van der Waals surface area (Å²) in [7, 11) is 0. The number of hydrogen-bond donors (Lipinski definition) is 0. The second kappa shape index (κ2) is 4.63. The lowest BCUT2D eigenvalue weighted by Crippen LogP contribution is -2.20. The Labute approximate surface area is 99.4 Å². The average molecular weight is 230 g/mol. The van der Waals surface area contributed by atoms with E-state index in [-0.39, 0.29) is 6.23 Å². The predicted octanol–water partition coefficient (Wildman–Crippen LogP) is 2.04. The molecule has 0 amide bonds. The van der Waals surface area contributed by atoms with Crippen molar-refractivity contribution in [1.82, 2.24) is 20.0 Å². The number of rotatable bonds is 2. The van der Waals surface area contributed by atoms with Crippen LogP contribution in [0.25, 0.3) is 11.3 Å². The molecule has 1 aliphatic rings. The fourth-order valence-corrected chi connectivity index (χ4v) is 1.97. The molecule has 0 aliphatic carbocycles. The van der Waals surface area contributed by atoms with Crippen molar-refractivity contribution in [3.8, 4) is 11.3 Å². The molecule has 0 radical (unpaired) electrons. The van der Waals surface area contributed by atoms with Gasteiger partial charge in [-0.1, -0.05) is 0 Å². The summed E-state index contributed by atoms with van der Waals surface area (Å²) in [5.41, 5.74) is 1.82. The number of pyridine rings is 1. The predicted molar refractivity (Wildman–Crippen MR) is 62.1 cm³/mol. The van der Waals surface area contributed by atoms with Crippen LogP contribution in [0.3, 0.4) is 0 Å². The third kappa shape index (κ3) is 2.19. The van der Waals surface area contributed by atoms with Gasteiger partial charge in [0.1, 0.15) is 5.69 Å². The molecular weight excluding hydrogens is 216 g/mol. The van der Waals surface area contributed by atoms with Gasteiger partial charge in [-0.05, 0) is 31.4 Å². The highest BCUT2D eigenvalue weighted by Crippen LogP contribution is 2.22. The van der Waals surface area contributed by atoms with E-state index in [1.54, 1.807) is 23.4 Å². The SMILES string of the molecule is c1cncc(-c2cnn(C3CCCCO3)n2)c1. The topological polar surface area (TPSA) is 52.8 Å². The summed E-state index contributed by atoms with van der Waals surface area (Å²) in [5.74, 6) is 0. The highest BCUT2D eigenvalue weighted by atomic mass is 16.5. The van der Waals surface area contributed by atoms with Gasteiger partial charge in [-0.2, -0.15) is 15.0 Å². The molecule has 2 aromatic heterocycles. The van der Waals surface area contributed by atoms with E-state index in [1.807, 2.05) is 12.1 Å². The first-order valence-electron chi connectivity index (χ1n) is 5.87. The summed E-state index contributed by atoms with van der Waals surface area (Å²) in [4.78, 5) is 5.74. The van der Waals surface area contributed by atoms with Crippen LogP contribution in [-0.2, 0) is 4.74 Å². The van der Waals surface area contributed by atoms with E-state index in [0.29, 0.717) is 0 Å². The molecule has 3 rings (SSSR count). The molecule has 1 unspecified atom stereocenters. The van der Waals surface area contributed by atoms with E-state index in [2.05, 4.69) is 15.2 Å². The van der Waals surface area contributed by atoms with E-state index < -0.39 is 0 Å². The Morgan fingerprint density at radius 3 is 3.06 bits per heavy atom. The second-order valence-electron chi connectivity index (χ2n) is 4.11. The van der Waals surface area contributed by atoms with Gasteiger partial charge >= 0.3 is 0 Å². The quantitative estimate of drug-likeness (QED) is 0.792. The van der Waals surface area contributed by atoms with E-state index in [9.17, 15) is 0 Å². The minimum absolute atomic E-state index is 0.00540. The molecule has 2 aromatic rings. The molecule has 17 heavy (non-hydrogen) atoms. The molecular formula is C12H14N4O. The van der Waals surface area contributed by atoms with Crippen LogP contribution >= 0.6 is 0 Å². The molecule has 0 bridgehead atoms.